The Kier molecular flexibility index (Phi) is 6.29. The largest absolute Gasteiger partial charge is 0.395 e. The zero-order valence-electron chi connectivity index (χ0n) is 17.5. The molecule has 0 radical (unpaired) electrons. The number of hydrogen-bond acceptors (Lipinski definition) is 7. The van der Waals surface area contributed by atoms with Crippen molar-refractivity contribution >= 4 is 23.1 Å². The van der Waals surface area contributed by atoms with Crippen molar-refractivity contribution < 1.29 is 19.6 Å². The molecule has 9 heteroatoms. The van der Waals surface area contributed by atoms with Gasteiger partial charge in [0.25, 0.3) is 17.5 Å². The Morgan fingerprint density at radius 3 is 2.16 bits per heavy atom. The van der Waals surface area contributed by atoms with Crippen LogP contribution in [0.2, 0.25) is 0 Å². The molecule has 32 heavy (non-hydrogen) atoms. The van der Waals surface area contributed by atoms with Crippen molar-refractivity contribution in [3.8, 4) is 0 Å². The van der Waals surface area contributed by atoms with E-state index in [1.807, 2.05) is 35.2 Å². The number of carbonyl (C=O) groups is 2. The van der Waals surface area contributed by atoms with Crippen LogP contribution in [-0.4, -0.2) is 75.9 Å². The number of nitro groups is 1. The number of β-amino-alcohol motifs (C(OH)–C–C–N with tert-alkyl or cyclic N) is 1. The van der Waals surface area contributed by atoms with Crippen LogP contribution in [0.15, 0.2) is 60.3 Å². The van der Waals surface area contributed by atoms with E-state index in [0.717, 1.165) is 5.56 Å². The van der Waals surface area contributed by atoms with E-state index in [0.29, 0.717) is 44.0 Å². The van der Waals surface area contributed by atoms with Crippen LogP contribution in [0, 0.1) is 10.1 Å². The second-order valence-electron chi connectivity index (χ2n) is 7.76. The van der Waals surface area contributed by atoms with E-state index < -0.39 is 10.8 Å². The molecule has 0 unspecified atom stereocenters. The van der Waals surface area contributed by atoms with Gasteiger partial charge in [-0.15, -0.1) is 0 Å². The average molecular weight is 436 g/mol. The summed E-state index contributed by atoms with van der Waals surface area (Å²) in [6.07, 6.45) is 0. The molecule has 0 aromatic heterocycles. The molecule has 166 valence electrons. The van der Waals surface area contributed by atoms with Crippen LogP contribution in [0.4, 0.5) is 5.69 Å². The molecular weight excluding hydrogens is 412 g/mol. The first-order chi connectivity index (χ1) is 15.5. The van der Waals surface area contributed by atoms with Gasteiger partial charge in [-0.25, -0.2) is 0 Å². The molecule has 2 aliphatic rings. The number of imide groups is 1. The fraction of sp³-hybridized carbons (Fsp3) is 0.304. The number of amides is 2. The standard InChI is InChI=1S/C23H24N4O5/c28-15-14-24-10-12-25(13-11-24)21-20(18-6-8-19(9-7-18)27(31)32)22(29)26(23(21)30)16-17-4-2-1-3-5-17/h1-9,28H,10-16H2. The van der Waals surface area contributed by atoms with Crippen molar-refractivity contribution in [3.63, 3.8) is 0 Å². The van der Waals surface area contributed by atoms with Crippen LogP contribution in [0.25, 0.3) is 5.57 Å². The average Bonchev–Trinajstić information content (AvgIpc) is 3.05. The van der Waals surface area contributed by atoms with Crippen LogP contribution in [-0.2, 0) is 16.1 Å². The van der Waals surface area contributed by atoms with E-state index in [1.165, 1.54) is 29.2 Å². The molecule has 4 rings (SSSR count). The molecule has 2 heterocycles. The Balaban J connectivity index is 1.68. The van der Waals surface area contributed by atoms with Crippen LogP contribution in [0.5, 0.6) is 0 Å². The number of piperazine rings is 1. The number of nitrogens with zero attached hydrogens (tertiary/aromatic N) is 4. The number of nitro benzene ring substituents is 1. The molecule has 1 fully saturated rings. The molecule has 0 aliphatic carbocycles. The van der Waals surface area contributed by atoms with E-state index in [4.69, 9.17) is 0 Å². The number of aliphatic hydroxyl groups is 1. The smallest absolute Gasteiger partial charge is 0.278 e. The first kappa shape index (κ1) is 21.7. The molecule has 2 aromatic rings. The van der Waals surface area contributed by atoms with Gasteiger partial charge in [-0.2, -0.15) is 0 Å². The highest BCUT2D eigenvalue weighted by Crippen LogP contribution is 2.33. The van der Waals surface area contributed by atoms with Crippen molar-refractivity contribution in [2.45, 2.75) is 6.54 Å². The predicted octanol–water partition coefficient (Wildman–Crippen LogP) is 1.48. The SMILES string of the molecule is O=C1C(c2ccc([N+](=O)[O-])cc2)=C(N2CCN(CCO)CC2)C(=O)N1Cc1ccccc1. The van der Waals surface area contributed by atoms with Gasteiger partial charge in [0.05, 0.1) is 23.6 Å². The number of non-ortho nitro benzene ring substituents is 1. The minimum Gasteiger partial charge on any atom is -0.395 e. The molecule has 0 bridgehead atoms. The van der Waals surface area contributed by atoms with Gasteiger partial charge in [-0.3, -0.25) is 29.5 Å². The number of benzene rings is 2. The van der Waals surface area contributed by atoms with Gasteiger partial charge >= 0.3 is 0 Å². The molecular formula is C23H24N4O5. The lowest BCUT2D eigenvalue weighted by Crippen LogP contribution is -2.48. The molecule has 1 N–H and O–H groups in total. The third-order valence-corrected chi connectivity index (χ3v) is 5.80. The van der Waals surface area contributed by atoms with Crippen LogP contribution in [0.3, 0.4) is 0 Å². The minimum absolute atomic E-state index is 0.0685. The first-order valence-electron chi connectivity index (χ1n) is 10.5. The lowest BCUT2D eigenvalue weighted by Gasteiger charge is -2.36. The number of carbonyl (C=O) groups excluding carboxylic acids is 2. The summed E-state index contributed by atoms with van der Waals surface area (Å²) >= 11 is 0. The quantitative estimate of drug-likeness (QED) is 0.398. The topological polar surface area (TPSA) is 107 Å². The monoisotopic (exact) mass is 436 g/mol. The maximum atomic E-state index is 13.4. The van der Waals surface area contributed by atoms with Crippen molar-refractivity contribution in [2.75, 3.05) is 39.3 Å². The normalized spacial score (nSPS) is 17.4. The third-order valence-electron chi connectivity index (χ3n) is 5.80. The van der Waals surface area contributed by atoms with Gasteiger partial charge in [0, 0.05) is 44.9 Å². The highest BCUT2D eigenvalue weighted by molar-refractivity contribution is 6.35. The highest BCUT2D eigenvalue weighted by Gasteiger charge is 2.42. The Hall–Kier alpha value is -3.56. The summed E-state index contributed by atoms with van der Waals surface area (Å²) in [5.74, 6) is -0.761. The second-order valence-corrected chi connectivity index (χ2v) is 7.76. The predicted molar refractivity (Wildman–Crippen MR) is 117 cm³/mol. The Morgan fingerprint density at radius 1 is 0.906 bits per heavy atom. The zero-order chi connectivity index (χ0) is 22.7. The molecule has 1 saturated heterocycles. The summed E-state index contributed by atoms with van der Waals surface area (Å²) in [6, 6.07) is 15.0. The Labute approximate surface area is 185 Å². The van der Waals surface area contributed by atoms with Gasteiger partial charge in [-0.05, 0) is 23.3 Å². The summed E-state index contributed by atoms with van der Waals surface area (Å²) in [5.41, 5.74) is 1.86. The zero-order valence-corrected chi connectivity index (χ0v) is 17.5. The minimum atomic E-state index is -0.497. The van der Waals surface area contributed by atoms with Crippen LogP contribution >= 0.6 is 0 Å². The maximum absolute atomic E-state index is 13.4. The number of rotatable bonds is 7. The van der Waals surface area contributed by atoms with E-state index in [-0.39, 0.29) is 30.3 Å². The Morgan fingerprint density at radius 2 is 1.56 bits per heavy atom. The fourth-order valence-electron chi connectivity index (χ4n) is 4.11. The first-order valence-corrected chi connectivity index (χ1v) is 10.5. The Bertz CT molecular complexity index is 1040. The van der Waals surface area contributed by atoms with E-state index >= 15 is 0 Å². The van der Waals surface area contributed by atoms with Crippen molar-refractivity contribution in [1.29, 1.82) is 0 Å². The summed E-state index contributed by atoms with van der Waals surface area (Å²) in [5, 5.41) is 20.2. The van der Waals surface area contributed by atoms with Crippen LogP contribution < -0.4 is 0 Å². The van der Waals surface area contributed by atoms with Gasteiger partial charge in [0.1, 0.15) is 5.70 Å². The van der Waals surface area contributed by atoms with Crippen molar-refractivity contribution in [1.82, 2.24) is 14.7 Å². The van der Waals surface area contributed by atoms with Gasteiger partial charge in [-0.1, -0.05) is 30.3 Å². The highest BCUT2D eigenvalue weighted by atomic mass is 16.6. The maximum Gasteiger partial charge on any atom is 0.278 e. The summed E-state index contributed by atoms with van der Waals surface area (Å²) in [6.45, 7) is 3.21. The van der Waals surface area contributed by atoms with Crippen molar-refractivity contribution in [3.05, 3.63) is 81.5 Å². The number of hydrogen-bond donors (Lipinski definition) is 1. The third kappa shape index (κ3) is 4.25. The second kappa shape index (κ2) is 9.29. The van der Waals surface area contributed by atoms with Crippen molar-refractivity contribution in [2.24, 2.45) is 0 Å². The van der Waals surface area contributed by atoms with E-state index in [9.17, 15) is 24.8 Å². The number of aliphatic hydroxyl groups excluding tert-OH is 1. The summed E-state index contributed by atoms with van der Waals surface area (Å²) in [4.78, 5) is 42.6. The molecule has 2 aliphatic heterocycles. The van der Waals surface area contributed by atoms with E-state index in [2.05, 4.69) is 4.90 Å². The van der Waals surface area contributed by atoms with Gasteiger partial charge < -0.3 is 10.0 Å². The molecule has 0 spiro atoms. The summed E-state index contributed by atoms with van der Waals surface area (Å²) < 4.78 is 0. The lowest BCUT2D eigenvalue weighted by molar-refractivity contribution is -0.384. The summed E-state index contributed by atoms with van der Waals surface area (Å²) in [7, 11) is 0. The molecule has 9 nitrogen and oxygen atoms in total. The molecule has 2 aromatic carbocycles. The van der Waals surface area contributed by atoms with E-state index in [1.54, 1.807) is 0 Å². The van der Waals surface area contributed by atoms with Crippen LogP contribution in [0.1, 0.15) is 11.1 Å². The van der Waals surface area contributed by atoms with Gasteiger partial charge in [0.2, 0.25) is 0 Å². The molecule has 0 saturated carbocycles. The fourth-order valence-corrected chi connectivity index (χ4v) is 4.11. The molecule has 0 atom stereocenters. The lowest BCUT2D eigenvalue weighted by atomic mass is 10.0. The van der Waals surface area contributed by atoms with Gasteiger partial charge in [0.15, 0.2) is 0 Å². The molecule has 2 amide bonds.